The lowest BCUT2D eigenvalue weighted by molar-refractivity contribution is -0.0788. The first-order valence-electron chi connectivity index (χ1n) is 3.69. The van der Waals surface area contributed by atoms with Gasteiger partial charge in [0.1, 0.15) is 0 Å². The zero-order valence-electron chi connectivity index (χ0n) is 6.71. The summed E-state index contributed by atoms with van der Waals surface area (Å²) >= 11 is 0. The van der Waals surface area contributed by atoms with Crippen LogP contribution in [0.3, 0.4) is 0 Å². The molecule has 0 radical (unpaired) electrons. The second-order valence-corrected chi connectivity index (χ2v) is 2.42. The van der Waals surface area contributed by atoms with E-state index < -0.39 is 5.97 Å². The fraction of sp³-hybridized carbons (Fsp3) is 0.222. The summed E-state index contributed by atoms with van der Waals surface area (Å²) in [5, 5.41) is 0. The van der Waals surface area contributed by atoms with Gasteiger partial charge in [-0.3, -0.25) is 0 Å². The molecular weight excluding hydrogens is 159 g/mol. The first-order valence-corrected chi connectivity index (χ1v) is 3.69. The molecule has 0 aliphatic carbocycles. The van der Waals surface area contributed by atoms with Crippen LogP contribution in [0, 0.1) is 0 Å². The Kier molecular flexibility index (Phi) is 2.80. The van der Waals surface area contributed by atoms with Crippen molar-refractivity contribution in [1.82, 2.24) is 0 Å². The quantitative estimate of drug-likeness (QED) is 0.677. The molecule has 0 unspecified atom stereocenters. The van der Waals surface area contributed by atoms with Gasteiger partial charge in [0.25, 0.3) is 0 Å². The summed E-state index contributed by atoms with van der Waals surface area (Å²) in [6.07, 6.45) is 0.813. The van der Waals surface area contributed by atoms with Gasteiger partial charge in [-0.1, -0.05) is 19.1 Å². The number of carbonyl (C=O) groups excluding carboxylic acids is 1. The lowest BCUT2D eigenvalue weighted by atomic mass is 10.1. The van der Waals surface area contributed by atoms with Gasteiger partial charge < -0.3 is 0 Å². The molecule has 0 N–H and O–H groups in total. The lowest BCUT2D eigenvalue weighted by Crippen LogP contribution is -1.98. The first-order chi connectivity index (χ1) is 5.77. The summed E-state index contributed by atoms with van der Waals surface area (Å²) in [6, 6.07) is 6.70. The molecule has 0 heterocycles. The standard InChI is InChI=1S/C9H9FO2/c1-2-7-4-3-5-8(6-7)9(11)12-10/h3-6H,2H2,1H3. The molecule has 2 nitrogen and oxygen atoms in total. The average Bonchev–Trinajstić information content (AvgIpc) is 2.17. The minimum Gasteiger partial charge on any atom is -0.249 e. The Morgan fingerprint density at radius 1 is 1.58 bits per heavy atom. The van der Waals surface area contributed by atoms with E-state index in [1.54, 1.807) is 12.1 Å². The fourth-order valence-corrected chi connectivity index (χ4v) is 0.963. The van der Waals surface area contributed by atoms with Gasteiger partial charge in [-0.15, -0.1) is 0 Å². The van der Waals surface area contributed by atoms with E-state index in [-0.39, 0.29) is 5.56 Å². The number of halogens is 1. The van der Waals surface area contributed by atoms with Crippen LogP contribution in [0.25, 0.3) is 0 Å². The maximum absolute atomic E-state index is 11.5. The van der Waals surface area contributed by atoms with Crippen LogP contribution in [0.2, 0.25) is 0 Å². The van der Waals surface area contributed by atoms with Crippen molar-refractivity contribution in [3.8, 4) is 0 Å². The third-order valence-electron chi connectivity index (χ3n) is 1.64. The number of carbonyl (C=O) groups is 1. The van der Waals surface area contributed by atoms with Crippen LogP contribution < -0.4 is 0 Å². The van der Waals surface area contributed by atoms with Gasteiger partial charge in [0.2, 0.25) is 0 Å². The van der Waals surface area contributed by atoms with E-state index in [2.05, 4.69) is 4.94 Å². The van der Waals surface area contributed by atoms with Gasteiger partial charge in [-0.25, -0.2) is 9.74 Å². The van der Waals surface area contributed by atoms with Crippen molar-refractivity contribution in [2.24, 2.45) is 0 Å². The Labute approximate surface area is 69.9 Å². The van der Waals surface area contributed by atoms with Crippen molar-refractivity contribution in [3.63, 3.8) is 0 Å². The molecule has 0 aromatic heterocycles. The van der Waals surface area contributed by atoms with Gasteiger partial charge in [-0.05, 0) is 24.1 Å². The highest BCUT2D eigenvalue weighted by molar-refractivity contribution is 5.89. The molecule has 3 heteroatoms. The maximum atomic E-state index is 11.5. The van der Waals surface area contributed by atoms with Crippen LogP contribution >= 0.6 is 0 Å². The zero-order valence-corrected chi connectivity index (χ0v) is 6.71. The Hall–Kier alpha value is -1.38. The minimum atomic E-state index is -0.940. The molecule has 64 valence electrons. The Bertz CT molecular complexity index is 284. The Morgan fingerprint density at radius 3 is 2.92 bits per heavy atom. The second kappa shape index (κ2) is 3.85. The van der Waals surface area contributed by atoms with E-state index in [1.165, 1.54) is 6.07 Å². The van der Waals surface area contributed by atoms with Gasteiger partial charge in [0, 0.05) is 4.53 Å². The van der Waals surface area contributed by atoms with Crippen LogP contribution in [0.4, 0.5) is 4.53 Å². The second-order valence-electron chi connectivity index (χ2n) is 2.42. The number of benzene rings is 1. The van der Waals surface area contributed by atoms with E-state index in [1.807, 2.05) is 13.0 Å². The first kappa shape index (κ1) is 8.71. The summed E-state index contributed by atoms with van der Waals surface area (Å²) in [6.45, 7) is 1.96. The molecule has 0 aliphatic heterocycles. The highest BCUT2D eigenvalue weighted by Crippen LogP contribution is 2.07. The molecule has 0 bridgehead atoms. The minimum absolute atomic E-state index is 0.247. The molecule has 0 atom stereocenters. The SMILES string of the molecule is CCc1cccc(C(=O)OF)c1. The van der Waals surface area contributed by atoms with E-state index >= 15 is 0 Å². The van der Waals surface area contributed by atoms with Gasteiger partial charge >= 0.3 is 5.97 Å². The molecule has 0 amide bonds. The third kappa shape index (κ3) is 1.81. The van der Waals surface area contributed by atoms with Crippen molar-refractivity contribution in [2.75, 3.05) is 0 Å². The number of rotatable bonds is 2. The summed E-state index contributed by atoms with van der Waals surface area (Å²) in [7, 11) is 0. The third-order valence-corrected chi connectivity index (χ3v) is 1.64. The van der Waals surface area contributed by atoms with Crippen molar-refractivity contribution in [3.05, 3.63) is 35.4 Å². The van der Waals surface area contributed by atoms with Crippen LogP contribution in [-0.4, -0.2) is 5.97 Å². The highest BCUT2D eigenvalue weighted by Gasteiger charge is 2.06. The van der Waals surface area contributed by atoms with Crippen LogP contribution in [0.5, 0.6) is 0 Å². The predicted molar refractivity (Wildman–Crippen MR) is 42.3 cm³/mol. The predicted octanol–water partition coefficient (Wildman–Crippen LogP) is 2.29. The van der Waals surface area contributed by atoms with E-state index in [0.29, 0.717) is 0 Å². The van der Waals surface area contributed by atoms with Gasteiger partial charge in [0.05, 0.1) is 5.56 Å². The van der Waals surface area contributed by atoms with Gasteiger partial charge in [-0.2, -0.15) is 0 Å². The molecule has 0 saturated heterocycles. The molecule has 1 aromatic rings. The molecule has 0 saturated carbocycles. The number of hydrogen-bond acceptors (Lipinski definition) is 2. The van der Waals surface area contributed by atoms with Crippen molar-refractivity contribution in [1.29, 1.82) is 0 Å². The monoisotopic (exact) mass is 168 g/mol. The van der Waals surface area contributed by atoms with Crippen LogP contribution in [0.15, 0.2) is 24.3 Å². The maximum Gasteiger partial charge on any atom is 0.379 e. The van der Waals surface area contributed by atoms with Crippen molar-refractivity contribution in [2.45, 2.75) is 13.3 Å². The molecule has 12 heavy (non-hydrogen) atoms. The Morgan fingerprint density at radius 2 is 2.33 bits per heavy atom. The smallest absolute Gasteiger partial charge is 0.249 e. The summed E-state index contributed by atoms with van der Waals surface area (Å²) in [5.74, 6) is -0.940. The van der Waals surface area contributed by atoms with E-state index in [9.17, 15) is 9.32 Å². The van der Waals surface area contributed by atoms with Crippen LogP contribution in [0.1, 0.15) is 22.8 Å². The summed E-state index contributed by atoms with van der Waals surface area (Å²) in [5.41, 5.74) is 1.23. The number of aryl methyl sites for hydroxylation is 1. The largest absolute Gasteiger partial charge is 0.379 e. The molecule has 0 spiro atoms. The van der Waals surface area contributed by atoms with E-state index in [0.717, 1.165) is 12.0 Å². The molecule has 1 aromatic carbocycles. The molecule has 1 rings (SSSR count). The molecule has 0 aliphatic rings. The van der Waals surface area contributed by atoms with Crippen molar-refractivity contribution >= 4 is 5.97 Å². The zero-order chi connectivity index (χ0) is 8.97. The summed E-state index contributed by atoms with van der Waals surface area (Å²) in [4.78, 5) is 13.8. The molecular formula is C9H9FO2. The van der Waals surface area contributed by atoms with Crippen molar-refractivity contribution < 1.29 is 14.3 Å². The highest BCUT2D eigenvalue weighted by atomic mass is 19.3. The van der Waals surface area contributed by atoms with Crippen LogP contribution in [-0.2, 0) is 11.4 Å². The number of hydrogen-bond donors (Lipinski definition) is 0. The fourth-order valence-electron chi connectivity index (χ4n) is 0.963. The molecule has 0 fully saturated rings. The normalized spacial score (nSPS) is 9.50. The Balaban J connectivity index is 2.93. The lowest BCUT2D eigenvalue weighted by Gasteiger charge is -1.98. The summed E-state index contributed by atoms with van der Waals surface area (Å²) < 4.78 is 11.5. The topological polar surface area (TPSA) is 26.3 Å². The van der Waals surface area contributed by atoms with E-state index in [4.69, 9.17) is 0 Å². The van der Waals surface area contributed by atoms with Gasteiger partial charge in [0.15, 0.2) is 0 Å². The average molecular weight is 168 g/mol.